The van der Waals surface area contributed by atoms with Crippen molar-refractivity contribution in [2.75, 3.05) is 31.1 Å². The maximum Gasteiger partial charge on any atom is 0.329 e. The van der Waals surface area contributed by atoms with Crippen LogP contribution in [0.1, 0.15) is 11.1 Å². The Morgan fingerprint density at radius 3 is 1.49 bits per heavy atom. The van der Waals surface area contributed by atoms with Gasteiger partial charge in [0.25, 0.3) is 5.91 Å². The SMILES string of the molecule is O=C(N1CCN(C(=O)C2(O)c3ccccc3-c3ccccc32)CC1)N(c1ccccc1)c1ccccc1. The summed E-state index contributed by atoms with van der Waals surface area (Å²) in [4.78, 5) is 32.7. The van der Waals surface area contributed by atoms with E-state index in [2.05, 4.69) is 0 Å². The van der Waals surface area contributed by atoms with Crippen LogP contribution in [0.15, 0.2) is 109 Å². The van der Waals surface area contributed by atoms with Gasteiger partial charge < -0.3 is 14.9 Å². The number of anilines is 2. The van der Waals surface area contributed by atoms with Crippen molar-refractivity contribution in [3.63, 3.8) is 0 Å². The van der Waals surface area contributed by atoms with Crippen molar-refractivity contribution in [3.05, 3.63) is 120 Å². The number of nitrogens with zero attached hydrogens (tertiary/aromatic N) is 3. The van der Waals surface area contributed by atoms with Gasteiger partial charge in [0.15, 0.2) is 5.60 Å². The Labute approximate surface area is 216 Å². The van der Waals surface area contributed by atoms with Crippen LogP contribution in [0.5, 0.6) is 0 Å². The van der Waals surface area contributed by atoms with Crippen LogP contribution >= 0.6 is 0 Å². The molecule has 6 heteroatoms. The normalized spacial score (nSPS) is 15.6. The molecule has 0 aromatic heterocycles. The number of urea groups is 1. The molecule has 1 heterocycles. The van der Waals surface area contributed by atoms with E-state index in [1.807, 2.05) is 109 Å². The Bertz CT molecular complexity index is 1360. The summed E-state index contributed by atoms with van der Waals surface area (Å²) in [5.74, 6) is -0.347. The fourth-order valence-electron chi connectivity index (χ4n) is 5.44. The minimum absolute atomic E-state index is 0.139. The Hall–Kier alpha value is -4.42. The molecular formula is C31H27N3O3. The lowest BCUT2D eigenvalue weighted by Gasteiger charge is -2.40. The number of piperazine rings is 1. The highest BCUT2D eigenvalue weighted by Gasteiger charge is 2.50. The fourth-order valence-corrected chi connectivity index (χ4v) is 5.44. The van der Waals surface area contributed by atoms with Gasteiger partial charge in [-0.05, 0) is 35.4 Å². The number of hydrogen-bond acceptors (Lipinski definition) is 3. The predicted molar refractivity (Wildman–Crippen MR) is 143 cm³/mol. The lowest BCUT2D eigenvalue weighted by Crippen LogP contribution is -2.57. The summed E-state index contributed by atoms with van der Waals surface area (Å²) in [6.45, 7) is 1.43. The van der Waals surface area contributed by atoms with E-state index in [9.17, 15) is 14.7 Å². The van der Waals surface area contributed by atoms with E-state index in [1.165, 1.54) is 0 Å². The van der Waals surface area contributed by atoms with Crippen LogP contribution in [0.25, 0.3) is 11.1 Å². The van der Waals surface area contributed by atoms with E-state index in [0.29, 0.717) is 37.3 Å². The molecule has 0 unspecified atom stereocenters. The minimum Gasteiger partial charge on any atom is -0.372 e. The van der Waals surface area contributed by atoms with E-state index >= 15 is 0 Å². The van der Waals surface area contributed by atoms with Gasteiger partial charge in [-0.1, -0.05) is 84.9 Å². The van der Waals surface area contributed by atoms with E-state index in [4.69, 9.17) is 0 Å². The van der Waals surface area contributed by atoms with Crippen LogP contribution in [-0.4, -0.2) is 53.0 Å². The minimum atomic E-state index is -1.74. The summed E-state index contributed by atoms with van der Waals surface area (Å²) in [7, 11) is 0. The van der Waals surface area contributed by atoms with Gasteiger partial charge >= 0.3 is 6.03 Å². The number of rotatable bonds is 3. The van der Waals surface area contributed by atoms with Crippen LogP contribution in [0.3, 0.4) is 0 Å². The summed E-state index contributed by atoms with van der Waals surface area (Å²) in [5, 5.41) is 11.9. The molecule has 6 nitrogen and oxygen atoms in total. The third kappa shape index (κ3) is 3.77. The Morgan fingerprint density at radius 1 is 0.595 bits per heavy atom. The molecule has 1 aliphatic heterocycles. The molecule has 6 rings (SSSR count). The van der Waals surface area contributed by atoms with Crippen LogP contribution in [0.2, 0.25) is 0 Å². The van der Waals surface area contributed by atoms with Crippen LogP contribution in [0, 0.1) is 0 Å². The van der Waals surface area contributed by atoms with Gasteiger partial charge in [-0.15, -0.1) is 0 Å². The standard InChI is InChI=1S/C31H27N3O3/c35-29(31(37)27-17-9-7-15-25(27)26-16-8-10-18-28(26)31)32-19-21-33(22-20-32)30(36)34(23-11-3-1-4-12-23)24-13-5-2-6-14-24/h1-18,37H,19-22H2. The zero-order valence-corrected chi connectivity index (χ0v) is 20.3. The molecule has 37 heavy (non-hydrogen) atoms. The number of hydrogen-bond donors (Lipinski definition) is 1. The first-order valence-corrected chi connectivity index (χ1v) is 12.5. The topological polar surface area (TPSA) is 64.1 Å². The second-order valence-corrected chi connectivity index (χ2v) is 9.37. The second kappa shape index (κ2) is 9.22. The van der Waals surface area contributed by atoms with Crippen molar-refractivity contribution in [2.45, 2.75) is 5.60 Å². The maximum atomic E-state index is 13.9. The first-order valence-electron chi connectivity index (χ1n) is 12.5. The molecule has 1 saturated heterocycles. The van der Waals surface area contributed by atoms with Crippen molar-refractivity contribution in [1.29, 1.82) is 0 Å². The molecule has 4 aromatic carbocycles. The van der Waals surface area contributed by atoms with Gasteiger partial charge in [-0.2, -0.15) is 0 Å². The molecule has 0 spiro atoms. The smallest absolute Gasteiger partial charge is 0.329 e. The van der Waals surface area contributed by atoms with Crippen LogP contribution in [0.4, 0.5) is 16.2 Å². The summed E-state index contributed by atoms with van der Waals surface area (Å²) in [5.41, 5.74) is 2.81. The maximum absolute atomic E-state index is 13.9. The monoisotopic (exact) mass is 489 g/mol. The zero-order chi connectivity index (χ0) is 25.4. The number of para-hydroxylation sites is 2. The van der Waals surface area contributed by atoms with Gasteiger partial charge in [0.1, 0.15) is 0 Å². The second-order valence-electron chi connectivity index (χ2n) is 9.37. The Kier molecular flexibility index (Phi) is 5.74. The van der Waals surface area contributed by atoms with Crippen LogP contribution < -0.4 is 4.90 Å². The molecule has 2 aliphatic rings. The highest BCUT2D eigenvalue weighted by atomic mass is 16.3. The van der Waals surface area contributed by atoms with E-state index in [-0.39, 0.29) is 11.9 Å². The molecule has 3 amide bonds. The predicted octanol–water partition coefficient (Wildman–Crippen LogP) is 5.01. The third-order valence-electron chi connectivity index (χ3n) is 7.29. The Morgan fingerprint density at radius 2 is 1.00 bits per heavy atom. The molecule has 0 bridgehead atoms. The molecule has 184 valence electrons. The van der Waals surface area contributed by atoms with Gasteiger partial charge in [0, 0.05) is 37.3 Å². The van der Waals surface area contributed by atoms with Crippen molar-refractivity contribution < 1.29 is 14.7 Å². The average Bonchev–Trinajstić information content (AvgIpc) is 3.23. The van der Waals surface area contributed by atoms with Crippen molar-refractivity contribution >= 4 is 23.3 Å². The zero-order valence-electron chi connectivity index (χ0n) is 20.3. The lowest BCUT2D eigenvalue weighted by atomic mass is 9.89. The van der Waals surface area contributed by atoms with E-state index in [0.717, 1.165) is 22.5 Å². The first kappa shape index (κ1) is 23.0. The van der Waals surface area contributed by atoms with Gasteiger partial charge in [-0.3, -0.25) is 9.69 Å². The van der Waals surface area contributed by atoms with Gasteiger partial charge in [0.05, 0.1) is 11.4 Å². The number of fused-ring (bicyclic) bond motifs is 3. The number of carbonyl (C=O) groups excluding carboxylic acids is 2. The molecule has 1 aliphatic carbocycles. The lowest BCUT2D eigenvalue weighted by molar-refractivity contribution is -0.149. The van der Waals surface area contributed by atoms with Gasteiger partial charge in [-0.25, -0.2) is 4.79 Å². The highest BCUT2D eigenvalue weighted by Crippen LogP contribution is 2.48. The summed E-state index contributed by atoms with van der Waals surface area (Å²) in [6, 6.07) is 34.1. The molecular weight excluding hydrogens is 462 g/mol. The largest absolute Gasteiger partial charge is 0.372 e. The Balaban J connectivity index is 1.24. The molecule has 0 saturated carbocycles. The van der Waals surface area contributed by atoms with Crippen LogP contribution in [-0.2, 0) is 10.4 Å². The average molecular weight is 490 g/mol. The first-order chi connectivity index (χ1) is 18.1. The van der Waals surface area contributed by atoms with E-state index < -0.39 is 5.60 Å². The van der Waals surface area contributed by atoms with Crippen molar-refractivity contribution in [2.24, 2.45) is 0 Å². The number of benzene rings is 4. The molecule has 4 aromatic rings. The molecule has 1 N–H and O–H groups in total. The molecule has 1 fully saturated rings. The summed E-state index contributed by atoms with van der Waals surface area (Å²) in [6.07, 6.45) is 0. The fraction of sp³-hybridized carbons (Fsp3) is 0.161. The third-order valence-corrected chi connectivity index (χ3v) is 7.29. The highest BCUT2D eigenvalue weighted by molar-refractivity contribution is 6.00. The quantitative estimate of drug-likeness (QED) is 0.440. The van der Waals surface area contributed by atoms with Crippen molar-refractivity contribution in [1.82, 2.24) is 9.80 Å². The summed E-state index contributed by atoms with van der Waals surface area (Å²) < 4.78 is 0. The van der Waals surface area contributed by atoms with E-state index in [1.54, 1.807) is 14.7 Å². The molecule has 0 radical (unpaired) electrons. The number of carbonyl (C=O) groups is 2. The van der Waals surface area contributed by atoms with Gasteiger partial charge in [0.2, 0.25) is 0 Å². The number of amides is 3. The summed E-state index contributed by atoms with van der Waals surface area (Å²) >= 11 is 0. The molecule has 0 atom stereocenters. The number of aliphatic hydroxyl groups is 1. The van der Waals surface area contributed by atoms with Crippen molar-refractivity contribution in [3.8, 4) is 11.1 Å².